The highest BCUT2D eigenvalue weighted by atomic mass is 28.5. The lowest BCUT2D eigenvalue weighted by molar-refractivity contribution is -0.132. The summed E-state index contributed by atoms with van der Waals surface area (Å²) in [5, 5.41) is 0. The number of halogens is 15. The molecule has 0 amide bonds. The zero-order valence-corrected chi connectivity index (χ0v) is 43.9. The molecule has 0 rings (SSSR count). The van der Waals surface area contributed by atoms with Crippen LogP contribution in [0.2, 0.25) is 102 Å². The van der Waals surface area contributed by atoms with Crippen LogP contribution in [0.25, 0.3) is 0 Å². The highest BCUT2D eigenvalue weighted by Crippen LogP contribution is 2.40. The summed E-state index contributed by atoms with van der Waals surface area (Å²) in [4.78, 5) is 0. The predicted molar refractivity (Wildman–Crippen MR) is 208 cm³/mol. The van der Waals surface area contributed by atoms with Gasteiger partial charge in [0.05, 0.1) is 0 Å². The SMILES string of the molecule is C[SiH](CCC(F)(F)F)O[Si](C)(CCC(F)(F)F)O[Si](C)(CCC(F)(F)F)O[Si](C)(CCC(F)(F)F)O[Si](C)(CCC(F)(F)F)O[SiH](C)O[SiH](C)O[SiH](C)O[Si](C)(C)C. The maximum Gasteiger partial charge on any atom is 0.389 e. The average molecular weight is 1040 g/mol. The topological polar surface area (TPSA) is 73.8 Å². The van der Waals surface area contributed by atoms with Crippen LogP contribution in [0.15, 0.2) is 0 Å². The van der Waals surface area contributed by atoms with Gasteiger partial charge in [0, 0.05) is 32.1 Å². The first-order valence-corrected chi connectivity index (χ1v) is 40.5. The minimum absolute atomic E-state index is 0.645. The number of hydrogen-bond donors (Lipinski definition) is 0. The third kappa shape index (κ3) is 30.6. The van der Waals surface area contributed by atoms with Gasteiger partial charge in [0.15, 0.2) is 17.4 Å². The van der Waals surface area contributed by atoms with Gasteiger partial charge in [0.2, 0.25) is 0 Å². The molecule has 0 fully saturated rings. The van der Waals surface area contributed by atoms with E-state index in [0.29, 0.717) is 0 Å². The van der Waals surface area contributed by atoms with Crippen LogP contribution in [0.1, 0.15) is 32.1 Å². The van der Waals surface area contributed by atoms with Crippen molar-refractivity contribution in [2.24, 2.45) is 0 Å². The zero-order valence-electron chi connectivity index (χ0n) is 34.3. The molecule has 0 bridgehead atoms. The van der Waals surface area contributed by atoms with E-state index in [0.717, 1.165) is 26.2 Å². The first kappa shape index (κ1) is 58.6. The van der Waals surface area contributed by atoms with Gasteiger partial charge < -0.3 is 32.9 Å². The molecule has 8 nitrogen and oxygen atoms in total. The van der Waals surface area contributed by atoms with Crippen molar-refractivity contribution in [1.29, 1.82) is 0 Å². The summed E-state index contributed by atoms with van der Waals surface area (Å²) >= 11 is 0. The molecule has 350 valence electrons. The minimum atomic E-state index is -4.97. The standard InChI is InChI=1S/C26H57F15O8Si9/c1-50(17-12-22(27,28)29)44-55(8,18-13-23(30,31)32)47-57(10,20-15-25(36,37)38)49-58(11,21-16-26(39,40)41)48-56(9,19-14-24(33,34)35)46-53(4)43-51(2)42-52(3)45-54(5,6)7/h50-53H,12-21H2,1-11H3. The summed E-state index contributed by atoms with van der Waals surface area (Å²) in [5.41, 5.74) is 0. The first-order valence-electron chi connectivity index (χ1n) is 18.2. The van der Waals surface area contributed by atoms with Gasteiger partial charge >= 0.3 is 65.1 Å². The summed E-state index contributed by atoms with van der Waals surface area (Å²) < 4.78 is 251. The van der Waals surface area contributed by atoms with Crippen LogP contribution in [0.4, 0.5) is 65.9 Å². The maximum absolute atomic E-state index is 13.8. The lowest BCUT2D eigenvalue weighted by Crippen LogP contribution is -2.62. The van der Waals surface area contributed by atoms with Gasteiger partial charge in [0.1, 0.15) is 0 Å². The van der Waals surface area contributed by atoms with E-state index in [9.17, 15) is 65.9 Å². The van der Waals surface area contributed by atoms with Crippen molar-refractivity contribution < 1.29 is 98.8 Å². The Morgan fingerprint density at radius 3 is 0.948 bits per heavy atom. The molecule has 8 unspecified atom stereocenters. The Labute approximate surface area is 342 Å². The van der Waals surface area contributed by atoms with E-state index in [1.807, 2.05) is 19.6 Å². The van der Waals surface area contributed by atoms with Crippen molar-refractivity contribution in [3.05, 3.63) is 0 Å². The molecule has 0 heterocycles. The Bertz CT molecular complexity index is 1220. The van der Waals surface area contributed by atoms with Crippen molar-refractivity contribution in [1.82, 2.24) is 0 Å². The molecule has 0 aromatic heterocycles. The van der Waals surface area contributed by atoms with E-state index in [1.165, 1.54) is 13.1 Å². The zero-order chi connectivity index (χ0) is 46.0. The summed E-state index contributed by atoms with van der Waals surface area (Å²) in [6.07, 6.45) is -32.3. The average Bonchev–Trinajstić information content (AvgIpc) is 2.93. The molecule has 0 radical (unpaired) electrons. The fourth-order valence-corrected chi connectivity index (χ4v) is 43.3. The van der Waals surface area contributed by atoms with E-state index >= 15 is 0 Å². The number of hydrogen-bond acceptors (Lipinski definition) is 8. The second kappa shape index (κ2) is 22.5. The predicted octanol–water partition coefficient (Wildman–Crippen LogP) is 10.9. The van der Waals surface area contributed by atoms with E-state index in [1.54, 1.807) is 13.1 Å². The van der Waals surface area contributed by atoms with Crippen LogP contribution in [0, 0.1) is 0 Å². The van der Waals surface area contributed by atoms with Gasteiger partial charge in [-0.2, -0.15) is 65.9 Å². The lowest BCUT2D eigenvalue weighted by atomic mass is 10.5. The largest absolute Gasteiger partial charge is 0.439 e. The summed E-state index contributed by atoms with van der Waals surface area (Å²) in [7, 11) is -31.4. The van der Waals surface area contributed by atoms with Gasteiger partial charge in [-0.05, 0) is 102 Å². The van der Waals surface area contributed by atoms with Crippen LogP contribution >= 0.6 is 0 Å². The normalized spacial score (nSPS) is 20.4. The smallest absolute Gasteiger partial charge is 0.389 e. The van der Waals surface area contributed by atoms with Crippen LogP contribution in [-0.4, -0.2) is 110 Å². The molecule has 58 heavy (non-hydrogen) atoms. The highest BCUT2D eigenvalue weighted by Gasteiger charge is 2.55. The van der Waals surface area contributed by atoms with Crippen LogP contribution in [0.3, 0.4) is 0 Å². The molecule has 0 aliphatic carbocycles. The Balaban J connectivity index is 7.13. The van der Waals surface area contributed by atoms with Gasteiger partial charge in [-0.3, -0.25) is 0 Å². The monoisotopic (exact) mass is 1030 g/mol. The van der Waals surface area contributed by atoms with E-state index < -0.39 is 173 Å². The summed E-state index contributed by atoms with van der Waals surface area (Å²) in [5.74, 6) is 0. The van der Waals surface area contributed by atoms with E-state index in [4.69, 9.17) is 32.9 Å². The number of rotatable bonds is 26. The van der Waals surface area contributed by atoms with Crippen molar-refractivity contribution in [3.63, 3.8) is 0 Å². The van der Waals surface area contributed by atoms with Gasteiger partial charge in [0.25, 0.3) is 27.9 Å². The summed E-state index contributed by atoms with van der Waals surface area (Å²) in [6.45, 7) is 15.8. The third-order valence-electron chi connectivity index (χ3n) is 7.73. The van der Waals surface area contributed by atoms with Crippen LogP contribution in [0.5, 0.6) is 0 Å². The van der Waals surface area contributed by atoms with Crippen LogP contribution in [-0.2, 0) is 32.9 Å². The van der Waals surface area contributed by atoms with Crippen LogP contribution < -0.4 is 0 Å². The van der Waals surface area contributed by atoms with Gasteiger partial charge in [-0.1, -0.05) is 0 Å². The Morgan fingerprint density at radius 2 is 0.638 bits per heavy atom. The van der Waals surface area contributed by atoms with Gasteiger partial charge in [-0.25, -0.2) is 0 Å². The molecule has 8 atom stereocenters. The second-order valence-electron chi connectivity index (χ2n) is 15.7. The summed E-state index contributed by atoms with van der Waals surface area (Å²) in [6, 6.07) is -4.82. The Kier molecular flexibility index (Phi) is 22.7. The quantitative estimate of drug-likeness (QED) is 0.0627. The Morgan fingerprint density at radius 1 is 0.362 bits per heavy atom. The van der Waals surface area contributed by atoms with E-state index in [-0.39, 0.29) is 0 Å². The molecule has 0 aliphatic rings. The molecule has 0 saturated heterocycles. The highest BCUT2D eigenvalue weighted by molar-refractivity contribution is 6.90. The molecular weight excluding hydrogens is 978 g/mol. The van der Waals surface area contributed by atoms with Crippen molar-refractivity contribution in [2.45, 2.75) is 165 Å². The fourth-order valence-electron chi connectivity index (χ4n) is 5.69. The molecule has 0 saturated carbocycles. The van der Waals surface area contributed by atoms with E-state index in [2.05, 4.69) is 0 Å². The molecule has 0 aromatic carbocycles. The Hall–Kier alpha value is 0.582. The molecule has 0 spiro atoms. The second-order valence-corrected chi connectivity index (χ2v) is 44.1. The molecular formula is C26H57F15O8Si9. The van der Waals surface area contributed by atoms with Crippen molar-refractivity contribution in [3.8, 4) is 0 Å². The third-order valence-corrected chi connectivity index (χ3v) is 41.0. The molecule has 32 heteroatoms. The molecule has 0 aliphatic heterocycles. The molecule has 0 aromatic rings. The molecule has 0 N–H and O–H groups in total. The lowest BCUT2D eigenvalue weighted by Gasteiger charge is -2.45. The number of alkyl halides is 15. The maximum atomic E-state index is 13.8. The first-order chi connectivity index (χ1) is 25.4. The van der Waals surface area contributed by atoms with Crippen molar-refractivity contribution >= 4 is 79.5 Å². The fraction of sp³-hybridized carbons (Fsp3) is 1.00. The van der Waals surface area contributed by atoms with Gasteiger partial charge in [-0.15, -0.1) is 0 Å². The van der Waals surface area contributed by atoms with Crippen molar-refractivity contribution in [2.75, 3.05) is 0 Å². The minimum Gasteiger partial charge on any atom is -0.439 e.